The van der Waals surface area contributed by atoms with Gasteiger partial charge in [0.05, 0.1) is 25.9 Å². The first kappa shape index (κ1) is 19.1. The van der Waals surface area contributed by atoms with Crippen molar-refractivity contribution in [1.29, 1.82) is 0 Å². The minimum atomic E-state index is 0. The number of nitrogens with one attached hydrogen (secondary N) is 2. The third-order valence-electron chi connectivity index (χ3n) is 2.94. The zero-order valence-electron chi connectivity index (χ0n) is 13.3. The van der Waals surface area contributed by atoms with Crippen molar-refractivity contribution in [3.05, 3.63) is 54.0 Å². The third-order valence-corrected chi connectivity index (χ3v) is 2.94. The maximum Gasteiger partial charge on any atom is 0.213 e. The van der Waals surface area contributed by atoms with Gasteiger partial charge in [0.1, 0.15) is 0 Å². The van der Waals surface area contributed by atoms with Gasteiger partial charge in [0, 0.05) is 25.0 Å². The van der Waals surface area contributed by atoms with Gasteiger partial charge in [0.15, 0.2) is 5.96 Å². The molecule has 2 rings (SSSR count). The number of aromatic nitrogens is 2. The fourth-order valence-corrected chi connectivity index (χ4v) is 1.85. The van der Waals surface area contributed by atoms with E-state index in [-0.39, 0.29) is 24.0 Å². The summed E-state index contributed by atoms with van der Waals surface area (Å²) in [5, 5.41) is 6.48. The summed E-state index contributed by atoms with van der Waals surface area (Å²) in [7, 11) is 1.61. The van der Waals surface area contributed by atoms with Crippen LogP contribution in [-0.2, 0) is 13.1 Å². The molecule has 0 unspecified atom stereocenters. The standard InChI is InChI=1S/C16H21N5O.HI/c1-3-17-16(21-12-14-6-4-5-8-18-14)20-11-13-7-9-19-15(10-13)22-2;/h4-10H,3,11-12H2,1-2H3,(H2,17,20,21);1H. The molecule has 2 aromatic heterocycles. The number of guanidine groups is 1. The van der Waals surface area contributed by atoms with Crippen LogP contribution >= 0.6 is 24.0 Å². The van der Waals surface area contributed by atoms with Crippen LogP contribution in [-0.4, -0.2) is 29.6 Å². The number of hydrogen-bond acceptors (Lipinski definition) is 4. The van der Waals surface area contributed by atoms with Gasteiger partial charge in [-0.1, -0.05) is 6.07 Å². The van der Waals surface area contributed by atoms with Crippen molar-refractivity contribution in [3.8, 4) is 5.88 Å². The lowest BCUT2D eigenvalue weighted by Crippen LogP contribution is -2.37. The summed E-state index contributed by atoms with van der Waals surface area (Å²) in [6.07, 6.45) is 3.50. The van der Waals surface area contributed by atoms with Gasteiger partial charge in [-0.3, -0.25) is 4.98 Å². The van der Waals surface area contributed by atoms with Crippen LogP contribution in [0.2, 0.25) is 0 Å². The molecule has 0 fully saturated rings. The highest BCUT2D eigenvalue weighted by molar-refractivity contribution is 14.0. The average molecular weight is 427 g/mol. The van der Waals surface area contributed by atoms with Crippen LogP contribution in [0.25, 0.3) is 0 Å². The van der Waals surface area contributed by atoms with Crippen molar-refractivity contribution in [1.82, 2.24) is 20.6 Å². The molecule has 2 heterocycles. The molecule has 2 N–H and O–H groups in total. The number of methoxy groups -OCH3 is 1. The lowest BCUT2D eigenvalue weighted by Gasteiger charge is -2.11. The molecule has 6 nitrogen and oxygen atoms in total. The Morgan fingerprint density at radius 1 is 1.17 bits per heavy atom. The van der Waals surface area contributed by atoms with Crippen LogP contribution in [0.3, 0.4) is 0 Å². The van der Waals surface area contributed by atoms with Crippen molar-refractivity contribution in [2.45, 2.75) is 20.0 Å². The first-order valence-electron chi connectivity index (χ1n) is 7.23. The zero-order chi connectivity index (χ0) is 15.6. The predicted molar refractivity (Wildman–Crippen MR) is 102 cm³/mol. The summed E-state index contributed by atoms with van der Waals surface area (Å²) in [6, 6.07) is 9.65. The van der Waals surface area contributed by atoms with Crippen molar-refractivity contribution >= 4 is 29.9 Å². The van der Waals surface area contributed by atoms with Crippen LogP contribution in [0.15, 0.2) is 47.7 Å². The molecule has 0 atom stereocenters. The third kappa shape index (κ3) is 6.81. The molecular formula is C16H22IN5O. The van der Waals surface area contributed by atoms with Crippen LogP contribution in [0.1, 0.15) is 18.2 Å². The van der Waals surface area contributed by atoms with Crippen LogP contribution in [0.4, 0.5) is 0 Å². The van der Waals surface area contributed by atoms with Gasteiger partial charge in [-0.25, -0.2) is 9.98 Å². The van der Waals surface area contributed by atoms with E-state index < -0.39 is 0 Å². The summed E-state index contributed by atoms with van der Waals surface area (Å²) < 4.78 is 5.12. The molecule has 0 saturated carbocycles. The fraction of sp³-hybridized carbons (Fsp3) is 0.312. The lowest BCUT2D eigenvalue weighted by atomic mass is 10.3. The monoisotopic (exact) mass is 427 g/mol. The van der Waals surface area contributed by atoms with E-state index >= 15 is 0 Å². The number of nitrogens with zero attached hydrogens (tertiary/aromatic N) is 3. The molecule has 23 heavy (non-hydrogen) atoms. The Bertz CT molecular complexity index is 606. The van der Waals surface area contributed by atoms with Gasteiger partial charge in [-0.2, -0.15) is 0 Å². The Hall–Kier alpha value is -1.90. The second kappa shape index (κ2) is 10.8. The lowest BCUT2D eigenvalue weighted by molar-refractivity contribution is 0.397. The number of halogens is 1. The Labute approximate surface area is 153 Å². The largest absolute Gasteiger partial charge is 0.481 e. The first-order chi connectivity index (χ1) is 10.8. The number of pyridine rings is 2. The Morgan fingerprint density at radius 3 is 2.74 bits per heavy atom. The summed E-state index contributed by atoms with van der Waals surface area (Å²) in [6.45, 7) is 4.02. The van der Waals surface area contributed by atoms with E-state index in [1.807, 2.05) is 37.3 Å². The second-order valence-electron chi connectivity index (χ2n) is 4.58. The zero-order valence-corrected chi connectivity index (χ0v) is 15.7. The highest BCUT2D eigenvalue weighted by Crippen LogP contribution is 2.09. The van der Waals surface area contributed by atoms with Crippen LogP contribution in [0.5, 0.6) is 5.88 Å². The van der Waals surface area contributed by atoms with Gasteiger partial charge < -0.3 is 15.4 Å². The maximum atomic E-state index is 5.12. The van der Waals surface area contributed by atoms with Gasteiger partial charge in [-0.05, 0) is 30.7 Å². The normalized spacial score (nSPS) is 10.6. The molecule has 0 aliphatic carbocycles. The molecule has 0 aliphatic heterocycles. The fourth-order valence-electron chi connectivity index (χ4n) is 1.85. The van der Waals surface area contributed by atoms with Crippen molar-refractivity contribution in [2.24, 2.45) is 4.99 Å². The number of ether oxygens (including phenoxy) is 1. The first-order valence-corrected chi connectivity index (χ1v) is 7.23. The molecule has 0 radical (unpaired) electrons. The SMILES string of the molecule is CCNC(=NCc1ccnc(OC)c1)NCc1ccccn1.I. The van der Waals surface area contributed by atoms with Gasteiger partial charge >= 0.3 is 0 Å². The van der Waals surface area contributed by atoms with E-state index in [0.717, 1.165) is 23.8 Å². The molecule has 2 aromatic rings. The van der Waals surface area contributed by atoms with E-state index in [4.69, 9.17) is 4.74 Å². The minimum Gasteiger partial charge on any atom is -0.481 e. The van der Waals surface area contributed by atoms with Crippen molar-refractivity contribution in [2.75, 3.05) is 13.7 Å². The highest BCUT2D eigenvalue weighted by Gasteiger charge is 2.00. The minimum absolute atomic E-state index is 0. The number of hydrogen-bond donors (Lipinski definition) is 2. The summed E-state index contributed by atoms with van der Waals surface area (Å²) >= 11 is 0. The Kier molecular flexibility index (Phi) is 8.96. The molecule has 0 aromatic carbocycles. The summed E-state index contributed by atoms with van der Waals surface area (Å²) in [4.78, 5) is 12.9. The van der Waals surface area contributed by atoms with Gasteiger partial charge in [-0.15, -0.1) is 24.0 Å². The molecule has 0 amide bonds. The summed E-state index contributed by atoms with van der Waals surface area (Å²) in [5.41, 5.74) is 2.01. The molecule has 0 saturated heterocycles. The topological polar surface area (TPSA) is 71.4 Å². The smallest absolute Gasteiger partial charge is 0.213 e. The Balaban J connectivity index is 0.00000264. The average Bonchev–Trinajstić information content (AvgIpc) is 2.58. The van der Waals surface area contributed by atoms with Crippen molar-refractivity contribution < 1.29 is 4.74 Å². The van der Waals surface area contributed by atoms with E-state index in [2.05, 4.69) is 25.6 Å². The Morgan fingerprint density at radius 2 is 2.04 bits per heavy atom. The van der Waals surface area contributed by atoms with E-state index in [0.29, 0.717) is 19.0 Å². The number of rotatable bonds is 6. The van der Waals surface area contributed by atoms with E-state index in [9.17, 15) is 0 Å². The van der Waals surface area contributed by atoms with E-state index in [1.165, 1.54) is 0 Å². The quantitative estimate of drug-likeness (QED) is 0.421. The van der Waals surface area contributed by atoms with Crippen LogP contribution < -0.4 is 15.4 Å². The maximum absolute atomic E-state index is 5.12. The molecule has 0 bridgehead atoms. The number of aliphatic imine (C=N–C) groups is 1. The summed E-state index contributed by atoms with van der Waals surface area (Å²) in [5.74, 6) is 1.35. The predicted octanol–water partition coefficient (Wildman–Crippen LogP) is 2.36. The van der Waals surface area contributed by atoms with Crippen molar-refractivity contribution in [3.63, 3.8) is 0 Å². The molecular weight excluding hydrogens is 405 g/mol. The highest BCUT2D eigenvalue weighted by atomic mass is 127. The molecule has 0 spiro atoms. The van der Waals surface area contributed by atoms with Gasteiger partial charge in [0.2, 0.25) is 5.88 Å². The second-order valence-corrected chi connectivity index (χ2v) is 4.58. The molecule has 0 aliphatic rings. The van der Waals surface area contributed by atoms with E-state index in [1.54, 1.807) is 19.5 Å². The molecule has 124 valence electrons. The van der Waals surface area contributed by atoms with Crippen LogP contribution in [0, 0.1) is 0 Å². The molecule has 7 heteroatoms. The van der Waals surface area contributed by atoms with Gasteiger partial charge in [0.25, 0.3) is 0 Å².